The lowest BCUT2D eigenvalue weighted by Crippen LogP contribution is -2.33. The summed E-state index contributed by atoms with van der Waals surface area (Å²) in [5.74, 6) is -0.434. The van der Waals surface area contributed by atoms with Gasteiger partial charge in [-0.15, -0.1) is 0 Å². The molecule has 28 heavy (non-hydrogen) atoms. The summed E-state index contributed by atoms with van der Waals surface area (Å²) in [6.45, 7) is 0.895. The topological polar surface area (TPSA) is 95.2 Å². The van der Waals surface area contributed by atoms with Crippen LogP contribution in [0, 0.1) is 0 Å². The Morgan fingerprint density at radius 3 is 2.57 bits per heavy atom. The minimum atomic E-state index is -0.443. The number of benzene rings is 2. The van der Waals surface area contributed by atoms with E-state index in [2.05, 4.69) is 15.3 Å². The lowest BCUT2D eigenvalue weighted by atomic mass is 10.1. The maximum atomic E-state index is 12.2. The SMILES string of the molecule is CN(CCCNC(=O)c1nc2ccccc2c(=O)[nH]1)C(=O)Cc1ccccc1. The van der Waals surface area contributed by atoms with Gasteiger partial charge < -0.3 is 15.2 Å². The molecule has 7 nitrogen and oxygen atoms in total. The highest BCUT2D eigenvalue weighted by molar-refractivity contribution is 5.92. The molecule has 0 fully saturated rings. The first-order valence-electron chi connectivity index (χ1n) is 9.10. The summed E-state index contributed by atoms with van der Waals surface area (Å²) in [5.41, 5.74) is 1.10. The normalized spacial score (nSPS) is 10.6. The van der Waals surface area contributed by atoms with Gasteiger partial charge in [0, 0.05) is 20.1 Å². The molecule has 0 aliphatic carbocycles. The van der Waals surface area contributed by atoms with Crippen molar-refractivity contribution in [3.8, 4) is 0 Å². The lowest BCUT2D eigenvalue weighted by Gasteiger charge is -2.17. The highest BCUT2D eigenvalue weighted by Crippen LogP contribution is 2.05. The van der Waals surface area contributed by atoms with Crippen LogP contribution in [0.4, 0.5) is 0 Å². The first-order valence-corrected chi connectivity index (χ1v) is 9.10. The van der Waals surface area contributed by atoms with Gasteiger partial charge in [0.25, 0.3) is 11.5 Å². The molecule has 3 rings (SSSR count). The van der Waals surface area contributed by atoms with Crippen LogP contribution in [0.2, 0.25) is 0 Å². The summed E-state index contributed by atoms with van der Waals surface area (Å²) in [6.07, 6.45) is 0.951. The highest BCUT2D eigenvalue weighted by atomic mass is 16.2. The Bertz CT molecular complexity index is 1030. The van der Waals surface area contributed by atoms with Gasteiger partial charge in [0.1, 0.15) is 0 Å². The maximum Gasteiger partial charge on any atom is 0.287 e. The van der Waals surface area contributed by atoms with Crippen molar-refractivity contribution in [3.05, 3.63) is 76.3 Å². The lowest BCUT2D eigenvalue weighted by molar-refractivity contribution is -0.129. The molecule has 0 atom stereocenters. The van der Waals surface area contributed by atoms with E-state index >= 15 is 0 Å². The smallest absolute Gasteiger partial charge is 0.287 e. The standard InChI is InChI=1S/C21H22N4O3/c1-25(18(26)14-15-8-3-2-4-9-15)13-7-12-22-21(28)19-23-17-11-6-5-10-16(17)20(27)24-19/h2-6,8-11H,7,12-14H2,1H3,(H,22,28)(H,23,24,27). The minimum Gasteiger partial charge on any atom is -0.349 e. The molecule has 2 amide bonds. The van der Waals surface area contributed by atoms with Crippen LogP contribution in [0.25, 0.3) is 10.9 Å². The largest absolute Gasteiger partial charge is 0.349 e. The summed E-state index contributed by atoms with van der Waals surface area (Å²) in [7, 11) is 1.75. The third-order valence-electron chi connectivity index (χ3n) is 4.41. The molecule has 144 valence electrons. The summed E-state index contributed by atoms with van der Waals surface area (Å²) in [6, 6.07) is 16.4. The molecule has 3 aromatic rings. The molecule has 0 aliphatic rings. The van der Waals surface area contributed by atoms with Crippen molar-refractivity contribution >= 4 is 22.7 Å². The third kappa shape index (κ3) is 4.82. The Morgan fingerprint density at radius 2 is 1.79 bits per heavy atom. The van der Waals surface area contributed by atoms with Crippen LogP contribution in [0.5, 0.6) is 0 Å². The minimum absolute atomic E-state index is 0.0165. The number of hydrogen-bond donors (Lipinski definition) is 2. The average molecular weight is 378 g/mol. The fourth-order valence-electron chi connectivity index (χ4n) is 2.83. The van der Waals surface area contributed by atoms with E-state index in [1.54, 1.807) is 36.2 Å². The molecule has 1 heterocycles. The number of fused-ring (bicyclic) bond motifs is 1. The Hall–Kier alpha value is -3.48. The average Bonchev–Trinajstić information content (AvgIpc) is 2.71. The fourth-order valence-corrected chi connectivity index (χ4v) is 2.83. The van der Waals surface area contributed by atoms with Crippen LogP contribution >= 0.6 is 0 Å². The number of amides is 2. The molecule has 0 saturated heterocycles. The van der Waals surface area contributed by atoms with Crippen LogP contribution in [0.15, 0.2) is 59.4 Å². The van der Waals surface area contributed by atoms with Crippen molar-refractivity contribution in [2.45, 2.75) is 12.8 Å². The van der Waals surface area contributed by atoms with Crippen molar-refractivity contribution in [2.24, 2.45) is 0 Å². The number of likely N-dealkylation sites (N-methyl/N-ethyl adjacent to an activating group) is 1. The second-order valence-corrected chi connectivity index (χ2v) is 6.52. The van der Waals surface area contributed by atoms with E-state index < -0.39 is 5.91 Å². The molecule has 0 radical (unpaired) electrons. The van der Waals surface area contributed by atoms with E-state index in [1.807, 2.05) is 30.3 Å². The summed E-state index contributed by atoms with van der Waals surface area (Å²) >= 11 is 0. The number of aromatic nitrogens is 2. The molecule has 0 aliphatic heterocycles. The molecule has 0 unspecified atom stereocenters. The van der Waals surface area contributed by atoms with Crippen LogP contribution in [0.3, 0.4) is 0 Å². The number of H-pyrrole nitrogens is 1. The number of para-hydroxylation sites is 1. The van der Waals surface area contributed by atoms with Gasteiger partial charge in [-0.05, 0) is 24.1 Å². The van der Waals surface area contributed by atoms with Gasteiger partial charge in [-0.1, -0.05) is 42.5 Å². The van der Waals surface area contributed by atoms with Crippen molar-refractivity contribution in [1.82, 2.24) is 20.2 Å². The van der Waals surface area contributed by atoms with Crippen molar-refractivity contribution in [1.29, 1.82) is 0 Å². The highest BCUT2D eigenvalue weighted by Gasteiger charge is 2.12. The van der Waals surface area contributed by atoms with Gasteiger partial charge in [-0.2, -0.15) is 0 Å². The van der Waals surface area contributed by atoms with Gasteiger partial charge in [-0.3, -0.25) is 14.4 Å². The van der Waals surface area contributed by atoms with Crippen molar-refractivity contribution < 1.29 is 9.59 Å². The molecule has 0 bridgehead atoms. The van der Waals surface area contributed by atoms with Gasteiger partial charge in [0.2, 0.25) is 5.91 Å². The molecule has 0 saturated carbocycles. The van der Waals surface area contributed by atoms with Crippen LogP contribution in [0.1, 0.15) is 22.6 Å². The molecule has 2 N–H and O–H groups in total. The maximum absolute atomic E-state index is 12.2. The molecule has 7 heteroatoms. The number of nitrogens with one attached hydrogen (secondary N) is 2. The van der Waals surface area contributed by atoms with E-state index in [0.717, 1.165) is 5.56 Å². The van der Waals surface area contributed by atoms with E-state index in [-0.39, 0.29) is 17.3 Å². The Morgan fingerprint density at radius 1 is 1.07 bits per heavy atom. The first-order chi connectivity index (χ1) is 13.5. The van der Waals surface area contributed by atoms with E-state index in [4.69, 9.17) is 0 Å². The molecule has 2 aromatic carbocycles. The Kier molecular flexibility index (Phi) is 6.16. The summed E-state index contributed by atoms with van der Waals surface area (Å²) in [5, 5.41) is 3.17. The molecular formula is C21H22N4O3. The first kappa shape index (κ1) is 19.3. The van der Waals surface area contributed by atoms with Crippen LogP contribution in [-0.2, 0) is 11.2 Å². The van der Waals surface area contributed by atoms with E-state index in [1.165, 1.54) is 0 Å². The zero-order valence-electron chi connectivity index (χ0n) is 15.6. The number of nitrogens with zero attached hydrogens (tertiary/aromatic N) is 2. The summed E-state index contributed by atoms with van der Waals surface area (Å²) in [4.78, 5) is 44.8. The number of carbonyl (C=O) groups excluding carboxylic acids is 2. The third-order valence-corrected chi connectivity index (χ3v) is 4.41. The molecule has 1 aromatic heterocycles. The van der Waals surface area contributed by atoms with Crippen molar-refractivity contribution in [2.75, 3.05) is 20.1 Å². The predicted octanol–water partition coefficient (Wildman–Crippen LogP) is 1.74. The Balaban J connectivity index is 1.48. The van der Waals surface area contributed by atoms with Crippen LogP contribution in [-0.4, -0.2) is 46.8 Å². The number of hydrogen-bond acceptors (Lipinski definition) is 4. The number of aromatic amines is 1. The van der Waals surface area contributed by atoms with E-state index in [9.17, 15) is 14.4 Å². The van der Waals surface area contributed by atoms with Gasteiger partial charge in [-0.25, -0.2) is 4.98 Å². The van der Waals surface area contributed by atoms with Crippen molar-refractivity contribution in [3.63, 3.8) is 0 Å². The second-order valence-electron chi connectivity index (χ2n) is 6.52. The zero-order valence-corrected chi connectivity index (χ0v) is 15.6. The fraction of sp³-hybridized carbons (Fsp3) is 0.238. The molecular weight excluding hydrogens is 356 g/mol. The zero-order chi connectivity index (χ0) is 19.9. The number of carbonyl (C=O) groups is 2. The predicted molar refractivity (Wildman–Crippen MR) is 107 cm³/mol. The summed E-state index contributed by atoms with van der Waals surface area (Å²) < 4.78 is 0. The number of rotatable bonds is 7. The Labute approximate surface area is 162 Å². The van der Waals surface area contributed by atoms with Crippen LogP contribution < -0.4 is 10.9 Å². The van der Waals surface area contributed by atoms with E-state index in [0.29, 0.717) is 36.8 Å². The molecule has 0 spiro atoms. The van der Waals surface area contributed by atoms with Gasteiger partial charge in [0.15, 0.2) is 5.82 Å². The van der Waals surface area contributed by atoms with Gasteiger partial charge in [0.05, 0.1) is 17.3 Å². The monoisotopic (exact) mass is 378 g/mol. The van der Waals surface area contributed by atoms with Gasteiger partial charge >= 0.3 is 0 Å². The second kappa shape index (κ2) is 8.94. The quantitative estimate of drug-likeness (QED) is 0.612.